The number of hydrogen-bond donors (Lipinski definition) is 2. The van der Waals surface area contributed by atoms with Gasteiger partial charge in [0.2, 0.25) is 0 Å². The van der Waals surface area contributed by atoms with Crippen molar-refractivity contribution in [3.63, 3.8) is 0 Å². The number of hydrazone groups is 1. The average Bonchev–Trinajstić information content (AvgIpc) is 2.99. The maximum atomic E-state index is 13.5. The van der Waals surface area contributed by atoms with Crippen molar-refractivity contribution in [3.05, 3.63) is 125 Å². The number of anilines is 1. The van der Waals surface area contributed by atoms with Gasteiger partial charge in [-0.05, 0) is 78.2 Å². The van der Waals surface area contributed by atoms with Crippen LogP contribution < -0.4 is 19.8 Å². The van der Waals surface area contributed by atoms with Crippen LogP contribution in [0.2, 0.25) is 5.02 Å². The van der Waals surface area contributed by atoms with E-state index >= 15 is 0 Å². The zero-order chi connectivity index (χ0) is 30.0. The van der Waals surface area contributed by atoms with E-state index in [-0.39, 0.29) is 17.4 Å². The Hall–Kier alpha value is -4.67. The van der Waals surface area contributed by atoms with Crippen LogP contribution in [-0.4, -0.2) is 39.6 Å². The first-order valence-electron chi connectivity index (χ1n) is 12.9. The van der Waals surface area contributed by atoms with E-state index in [0.717, 1.165) is 9.87 Å². The molecule has 0 aliphatic carbocycles. The second-order valence-corrected chi connectivity index (χ2v) is 11.5. The molecule has 11 heteroatoms. The highest BCUT2D eigenvalue weighted by Gasteiger charge is 2.28. The fourth-order valence-corrected chi connectivity index (χ4v) is 5.64. The van der Waals surface area contributed by atoms with Gasteiger partial charge in [0.15, 0.2) is 6.61 Å². The first kappa shape index (κ1) is 30.3. The predicted octanol–water partition coefficient (Wildman–Crippen LogP) is 4.69. The molecule has 4 aromatic carbocycles. The number of halogens is 1. The monoisotopic (exact) mass is 604 g/mol. The Labute approximate surface area is 249 Å². The van der Waals surface area contributed by atoms with Crippen molar-refractivity contribution in [1.82, 2.24) is 10.7 Å². The van der Waals surface area contributed by atoms with E-state index in [1.807, 2.05) is 30.3 Å². The fourth-order valence-electron chi connectivity index (χ4n) is 3.91. The minimum Gasteiger partial charge on any atom is -0.484 e. The molecule has 9 nitrogen and oxygen atoms in total. The molecule has 4 rings (SSSR count). The summed E-state index contributed by atoms with van der Waals surface area (Å²) in [5.74, 6) is -0.392. The molecule has 0 aliphatic rings. The topological polar surface area (TPSA) is 117 Å². The van der Waals surface area contributed by atoms with Gasteiger partial charge in [-0.1, -0.05) is 60.1 Å². The summed E-state index contributed by atoms with van der Waals surface area (Å²) in [6.07, 6.45) is 1.41. The van der Waals surface area contributed by atoms with Gasteiger partial charge in [-0.25, -0.2) is 13.8 Å². The minimum absolute atomic E-state index is 0.0478. The first-order valence-corrected chi connectivity index (χ1v) is 14.7. The highest BCUT2D eigenvalue weighted by atomic mass is 35.5. The van der Waals surface area contributed by atoms with Gasteiger partial charge >= 0.3 is 0 Å². The number of carbonyl (C=O) groups excluding carboxylic acids is 2. The molecule has 2 N–H and O–H groups in total. The molecule has 0 fully saturated rings. The zero-order valence-electron chi connectivity index (χ0n) is 22.7. The predicted molar refractivity (Wildman–Crippen MR) is 163 cm³/mol. The Morgan fingerprint density at radius 1 is 0.905 bits per heavy atom. The summed E-state index contributed by atoms with van der Waals surface area (Å²) in [4.78, 5) is 24.9. The maximum Gasteiger partial charge on any atom is 0.264 e. The third-order valence-corrected chi connectivity index (χ3v) is 8.04. The number of amides is 2. The molecule has 2 amide bonds. The number of ether oxygens (including phenoxy) is 1. The lowest BCUT2D eigenvalue weighted by Gasteiger charge is -2.25. The van der Waals surface area contributed by atoms with Gasteiger partial charge in [0.05, 0.1) is 16.8 Å². The maximum absolute atomic E-state index is 13.5. The molecule has 0 unspecified atom stereocenters. The molecule has 0 bridgehead atoms. The van der Waals surface area contributed by atoms with Crippen LogP contribution in [0.3, 0.4) is 0 Å². The van der Waals surface area contributed by atoms with E-state index in [4.69, 9.17) is 16.3 Å². The van der Waals surface area contributed by atoms with Crippen molar-refractivity contribution < 1.29 is 22.7 Å². The second kappa shape index (κ2) is 14.3. The van der Waals surface area contributed by atoms with E-state index in [0.29, 0.717) is 34.1 Å². The molecule has 0 atom stereocenters. The molecule has 4 aromatic rings. The van der Waals surface area contributed by atoms with Crippen LogP contribution in [0.1, 0.15) is 16.7 Å². The standard InChI is InChI=1S/C31H29ClN4O5S/c1-23-18-26(32)14-17-29(23)36(42(39,40)28-10-6-3-7-11-28)21-30(37)35-34-20-25-12-15-27(16-13-25)41-22-31(38)33-19-24-8-4-2-5-9-24/h2-18,20H,19,21-22H2,1H3,(H,33,38)(H,35,37)/b34-20-. The van der Waals surface area contributed by atoms with E-state index in [1.165, 1.54) is 18.3 Å². The Balaban J connectivity index is 1.34. The molecule has 0 aromatic heterocycles. The SMILES string of the molecule is Cc1cc(Cl)ccc1N(CC(=O)N/N=C\c1ccc(OCC(=O)NCc2ccccc2)cc1)S(=O)(=O)c1ccccc1. The summed E-state index contributed by atoms with van der Waals surface area (Å²) in [7, 11) is -4.06. The summed E-state index contributed by atoms with van der Waals surface area (Å²) in [5, 5.41) is 7.21. The van der Waals surface area contributed by atoms with Crippen LogP contribution in [-0.2, 0) is 26.2 Å². The van der Waals surface area contributed by atoms with Gasteiger partial charge in [0.1, 0.15) is 12.3 Å². The summed E-state index contributed by atoms with van der Waals surface area (Å²) < 4.78 is 33.5. The molecule has 0 radical (unpaired) electrons. The zero-order valence-corrected chi connectivity index (χ0v) is 24.3. The smallest absolute Gasteiger partial charge is 0.264 e. The number of rotatable bonds is 12. The van der Waals surface area contributed by atoms with Crippen LogP contribution in [0.4, 0.5) is 5.69 Å². The van der Waals surface area contributed by atoms with Crippen LogP contribution in [0, 0.1) is 6.92 Å². The van der Waals surface area contributed by atoms with Crippen molar-refractivity contribution in [1.29, 1.82) is 0 Å². The van der Waals surface area contributed by atoms with E-state index in [2.05, 4.69) is 15.8 Å². The largest absolute Gasteiger partial charge is 0.484 e. The summed E-state index contributed by atoms with van der Waals surface area (Å²) in [6.45, 7) is 1.50. The lowest BCUT2D eigenvalue weighted by atomic mass is 10.2. The van der Waals surface area contributed by atoms with Crippen LogP contribution >= 0.6 is 11.6 Å². The molecule has 0 spiro atoms. The van der Waals surface area contributed by atoms with Gasteiger partial charge in [-0.15, -0.1) is 0 Å². The molecular weight excluding hydrogens is 576 g/mol. The lowest BCUT2D eigenvalue weighted by Crippen LogP contribution is -2.40. The molecular formula is C31H29ClN4O5S. The number of sulfonamides is 1. The summed E-state index contributed by atoms with van der Waals surface area (Å²) >= 11 is 6.07. The van der Waals surface area contributed by atoms with Crippen LogP contribution in [0.15, 0.2) is 113 Å². The van der Waals surface area contributed by atoms with E-state index in [1.54, 1.807) is 67.6 Å². The third kappa shape index (κ3) is 8.42. The quantitative estimate of drug-likeness (QED) is 0.180. The highest BCUT2D eigenvalue weighted by molar-refractivity contribution is 7.92. The normalized spacial score (nSPS) is 11.2. The van der Waals surface area contributed by atoms with Crippen LogP contribution in [0.25, 0.3) is 0 Å². The lowest BCUT2D eigenvalue weighted by molar-refractivity contribution is -0.123. The Morgan fingerprint density at radius 2 is 1.57 bits per heavy atom. The minimum atomic E-state index is -4.06. The van der Waals surface area contributed by atoms with Crippen molar-refractivity contribution in [2.45, 2.75) is 18.4 Å². The highest BCUT2D eigenvalue weighted by Crippen LogP contribution is 2.28. The third-order valence-electron chi connectivity index (χ3n) is 6.03. The van der Waals surface area contributed by atoms with E-state index in [9.17, 15) is 18.0 Å². The molecule has 0 saturated carbocycles. The molecule has 216 valence electrons. The molecule has 42 heavy (non-hydrogen) atoms. The van der Waals surface area contributed by atoms with Crippen molar-refractivity contribution >= 4 is 45.3 Å². The van der Waals surface area contributed by atoms with Crippen molar-refractivity contribution in [2.75, 3.05) is 17.5 Å². The van der Waals surface area contributed by atoms with Crippen molar-refractivity contribution in [3.8, 4) is 5.75 Å². The van der Waals surface area contributed by atoms with Crippen LogP contribution in [0.5, 0.6) is 5.75 Å². The second-order valence-electron chi connectivity index (χ2n) is 9.17. The summed E-state index contributed by atoms with van der Waals surface area (Å²) in [5.41, 5.74) is 4.94. The first-order chi connectivity index (χ1) is 20.2. The number of nitrogens with zero attached hydrogens (tertiary/aromatic N) is 2. The van der Waals surface area contributed by atoms with Crippen molar-refractivity contribution in [2.24, 2.45) is 5.10 Å². The molecule has 0 aliphatic heterocycles. The van der Waals surface area contributed by atoms with Gasteiger partial charge in [-0.2, -0.15) is 5.10 Å². The number of carbonyl (C=O) groups is 2. The number of hydrogen-bond acceptors (Lipinski definition) is 6. The molecule has 0 heterocycles. The Kier molecular flexibility index (Phi) is 10.3. The number of benzene rings is 4. The summed E-state index contributed by atoms with van der Waals surface area (Å²) in [6, 6.07) is 28.9. The van der Waals surface area contributed by atoms with E-state index < -0.39 is 22.5 Å². The average molecular weight is 605 g/mol. The Bertz CT molecular complexity index is 1650. The Morgan fingerprint density at radius 3 is 2.24 bits per heavy atom. The van der Waals surface area contributed by atoms with Gasteiger partial charge in [0.25, 0.3) is 21.8 Å². The number of nitrogens with one attached hydrogen (secondary N) is 2. The fraction of sp³-hybridized carbons (Fsp3) is 0.129. The number of aryl methyl sites for hydroxylation is 1. The van der Waals surface area contributed by atoms with Gasteiger partial charge in [0, 0.05) is 11.6 Å². The molecule has 0 saturated heterocycles. The van der Waals surface area contributed by atoms with Gasteiger partial charge < -0.3 is 10.1 Å². The van der Waals surface area contributed by atoms with Gasteiger partial charge in [-0.3, -0.25) is 13.9 Å².